The van der Waals surface area contributed by atoms with Crippen LogP contribution in [0.4, 0.5) is 0 Å². The van der Waals surface area contributed by atoms with E-state index in [0.29, 0.717) is 16.9 Å². The largest absolute Gasteiger partial charge is 0.481 e. The number of carboxylic acid groups (broad SMARTS) is 1. The van der Waals surface area contributed by atoms with E-state index in [2.05, 4.69) is 15.9 Å². The Morgan fingerprint density at radius 1 is 1.69 bits per heavy atom. The van der Waals surface area contributed by atoms with E-state index >= 15 is 0 Å². The van der Waals surface area contributed by atoms with Crippen molar-refractivity contribution in [3.8, 4) is 0 Å². The fraction of sp³-hybridized carbons (Fsp3) is 0.444. The fourth-order valence-electron chi connectivity index (χ4n) is 1.76. The zero-order chi connectivity index (χ0) is 9.42. The summed E-state index contributed by atoms with van der Waals surface area (Å²) in [6, 6.07) is 1.87. The summed E-state index contributed by atoms with van der Waals surface area (Å²) < 4.78 is 5.95. The van der Waals surface area contributed by atoms with E-state index in [1.165, 1.54) is 0 Å². The molecule has 1 atom stereocenters. The van der Waals surface area contributed by atoms with E-state index in [0.717, 1.165) is 18.4 Å². The van der Waals surface area contributed by atoms with Gasteiger partial charge in [-0.3, -0.25) is 4.79 Å². The van der Waals surface area contributed by atoms with Crippen molar-refractivity contribution in [3.63, 3.8) is 0 Å². The van der Waals surface area contributed by atoms with Crippen molar-refractivity contribution in [3.05, 3.63) is 22.1 Å². The summed E-state index contributed by atoms with van der Waals surface area (Å²) in [5, 5.41) is 8.92. The zero-order valence-electron chi connectivity index (χ0n) is 6.92. The minimum atomic E-state index is -0.789. The highest BCUT2D eigenvalue weighted by atomic mass is 79.9. The number of aliphatic carboxylic acids is 1. The average Bonchev–Trinajstić information content (AvgIpc) is 2.43. The zero-order valence-corrected chi connectivity index (χ0v) is 8.50. The average molecular weight is 245 g/mol. The van der Waals surface area contributed by atoms with Gasteiger partial charge in [0.25, 0.3) is 0 Å². The van der Waals surface area contributed by atoms with Gasteiger partial charge in [0, 0.05) is 0 Å². The first-order valence-electron chi connectivity index (χ1n) is 4.19. The maximum absolute atomic E-state index is 10.9. The second-order valence-corrected chi connectivity index (χ2v) is 4.00. The van der Waals surface area contributed by atoms with Crippen LogP contribution >= 0.6 is 15.9 Å². The summed E-state index contributed by atoms with van der Waals surface area (Å²) in [5.74, 6) is -0.608. The standard InChI is InChI=1S/C9H9BrO3/c10-7-4-5-2-1-3-6(9(11)12)8(5)13-7/h4,6H,1-3H2,(H,11,12). The van der Waals surface area contributed by atoms with Crippen LogP contribution in [0, 0.1) is 0 Å². The minimum absolute atomic E-state index is 0.449. The van der Waals surface area contributed by atoms with Crippen molar-refractivity contribution in [1.29, 1.82) is 0 Å². The first-order valence-corrected chi connectivity index (χ1v) is 4.98. The van der Waals surface area contributed by atoms with Gasteiger partial charge in [-0.2, -0.15) is 0 Å². The number of furan rings is 1. The van der Waals surface area contributed by atoms with Crippen molar-refractivity contribution in [2.75, 3.05) is 0 Å². The lowest BCUT2D eigenvalue weighted by molar-refractivity contribution is -0.139. The lowest BCUT2D eigenvalue weighted by atomic mass is 9.89. The Morgan fingerprint density at radius 3 is 3.15 bits per heavy atom. The van der Waals surface area contributed by atoms with E-state index in [1.54, 1.807) is 0 Å². The summed E-state index contributed by atoms with van der Waals surface area (Å²) in [4.78, 5) is 10.9. The van der Waals surface area contributed by atoms with Crippen molar-refractivity contribution >= 4 is 21.9 Å². The maximum atomic E-state index is 10.9. The van der Waals surface area contributed by atoms with Crippen LogP contribution in [0.3, 0.4) is 0 Å². The SMILES string of the molecule is O=C(O)C1CCCc2cc(Br)oc21. The van der Waals surface area contributed by atoms with Crippen molar-refractivity contribution < 1.29 is 14.3 Å². The topological polar surface area (TPSA) is 50.4 Å². The summed E-state index contributed by atoms with van der Waals surface area (Å²) in [6.45, 7) is 0. The van der Waals surface area contributed by atoms with Gasteiger partial charge in [0.2, 0.25) is 0 Å². The molecular weight excluding hydrogens is 236 g/mol. The molecule has 1 heterocycles. The Labute approximate surface area is 83.9 Å². The molecular formula is C9H9BrO3. The lowest BCUT2D eigenvalue weighted by Gasteiger charge is -2.16. The number of halogens is 1. The van der Waals surface area contributed by atoms with Crippen LogP contribution in [0.2, 0.25) is 0 Å². The molecule has 1 N–H and O–H groups in total. The molecule has 70 valence electrons. The molecule has 0 amide bonds. The highest BCUT2D eigenvalue weighted by molar-refractivity contribution is 9.10. The molecule has 0 saturated carbocycles. The van der Waals surface area contributed by atoms with Crippen LogP contribution in [0.25, 0.3) is 0 Å². The van der Waals surface area contributed by atoms with Crippen LogP contribution in [0.1, 0.15) is 30.1 Å². The monoisotopic (exact) mass is 244 g/mol. The molecule has 0 aliphatic heterocycles. The molecule has 13 heavy (non-hydrogen) atoms. The predicted molar refractivity (Wildman–Crippen MR) is 49.7 cm³/mol. The van der Waals surface area contributed by atoms with E-state index in [4.69, 9.17) is 9.52 Å². The quantitative estimate of drug-likeness (QED) is 0.827. The summed E-state index contributed by atoms with van der Waals surface area (Å²) in [5.41, 5.74) is 1.03. The fourth-order valence-corrected chi connectivity index (χ4v) is 2.21. The normalized spacial score (nSPS) is 21.2. The van der Waals surface area contributed by atoms with E-state index in [-0.39, 0.29) is 0 Å². The van der Waals surface area contributed by atoms with E-state index in [1.807, 2.05) is 6.07 Å². The van der Waals surface area contributed by atoms with Crippen LogP contribution < -0.4 is 0 Å². The number of rotatable bonds is 1. The second-order valence-electron chi connectivity index (χ2n) is 3.22. The Balaban J connectivity index is 2.41. The molecule has 4 heteroatoms. The summed E-state index contributed by atoms with van der Waals surface area (Å²) in [7, 11) is 0. The highest BCUT2D eigenvalue weighted by Gasteiger charge is 2.29. The second kappa shape index (κ2) is 3.18. The molecule has 0 aromatic carbocycles. The molecule has 0 spiro atoms. The van der Waals surface area contributed by atoms with Crippen LogP contribution in [-0.4, -0.2) is 11.1 Å². The van der Waals surface area contributed by atoms with E-state index < -0.39 is 11.9 Å². The summed E-state index contributed by atoms with van der Waals surface area (Å²) >= 11 is 3.21. The maximum Gasteiger partial charge on any atom is 0.314 e. The van der Waals surface area contributed by atoms with Crippen molar-refractivity contribution in [1.82, 2.24) is 0 Å². The Hall–Kier alpha value is -0.770. The van der Waals surface area contributed by atoms with Gasteiger partial charge in [-0.15, -0.1) is 0 Å². The predicted octanol–water partition coefficient (Wildman–Crippen LogP) is 2.55. The molecule has 0 radical (unpaired) electrons. The third-order valence-corrected chi connectivity index (χ3v) is 2.76. The Morgan fingerprint density at radius 2 is 2.46 bits per heavy atom. The molecule has 1 unspecified atom stereocenters. The molecule has 2 rings (SSSR count). The number of hydrogen-bond acceptors (Lipinski definition) is 2. The Bertz CT molecular complexity index is 343. The molecule has 1 aliphatic carbocycles. The highest BCUT2D eigenvalue weighted by Crippen LogP contribution is 2.35. The lowest BCUT2D eigenvalue weighted by Crippen LogP contribution is -2.16. The number of carbonyl (C=O) groups is 1. The molecule has 1 aliphatic rings. The van der Waals surface area contributed by atoms with Crippen LogP contribution in [-0.2, 0) is 11.2 Å². The number of carboxylic acids is 1. The number of hydrogen-bond donors (Lipinski definition) is 1. The number of aryl methyl sites for hydroxylation is 1. The van der Waals surface area contributed by atoms with Crippen LogP contribution in [0.5, 0.6) is 0 Å². The molecule has 3 nitrogen and oxygen atoms in total. The molecule has 1 aromatic heterocycles. The smallest absolute Gasteiger partial charge is 0.314 e. The molecule has 0 fully saturated rings. The van der Waals surface area contributed by atoms with Gasteiger partial charge in [0.05, 0.1) is 0 Å². The van der Waals surface area contributed by atoms with Gasteiger partial charge >= 0.3 is 5.97 Å². The Kier molecular flexibility index (Phi) is 2.15. The van der Waals surface area contributed by atoms with Gasteiger partial charge in [0.15, 0.2) is 4.67 Å². The molecule has 1 aromatic rings. The third-order valence-electron chi connectivity index (χ3n) is 2.37. The first kappa shape index (κ1) is 8.81. The molecule has 0 bridgehead atoms. The van der Waals surface area contributed by atoms with Crippen LogP contribution in [0.15, 0.2) is 15.2 Å². The van der Waals surface area contributed by atoms with Gasteiger partial charge in [-0.05, 0) is 46.8 Å². The summed E-state index contributed by atoms with van der Waals surface area (Å²) in [6.07, 6.45) is 2.53. The first-order chi connectivity index (χ1) is 6.18. The minimum Gasteiger partial charge on any atom is -0.481 e. The van der Waals surface area contributed by atoms with E-state index in [9.17, 15) is 4.79 Å². The molecule has 0 saturated heterocycles. The van der Waals surface area contributed by atoms with Crippen molar-refractivity contribution in [2.45, 2.75) is 25.2 Å². The van der Waals surface area contributed by atoms with Crippen molar-refractivity contribution in [2.24, 2.45) is 0 Å². The number of fused-ring (bicyclic) bond motifs is 1. The van der Waals surface area contributed by atoms with Gasteiger partial charge in [0.1, 0.15) is 11.7 Å². The third kappa shape index (κ3) is 1.50. The van der Waals surface area contributed by atoms with Gasteiger partial charge in [-0.1, -0.05) is 0 Å². The van der Waals surface area contributed by atoms with Gasteiger partial charge < -0.3 is 9.52 Å². The van der Waals surface area contributed by atoms with Gasteiger partial charge in [-0.25, -0.2) is 0 Å².